The van der Waals surface area contributed by atoms with Crippen LogP contribution in [-0.2, 0) is 16.6 Å². The van der Waals surface area contributed by atoms with Gasteiger partial charge >= 0.3 is 5.97 Å². The van der Waals surface area contributed by atoms with Crippen LogP contribution in [0.5, 0.6) is 0 Å². The van der Waals surface area contributed by atoms with E-state index >= 15 is 0 Å². The second-order valence-electron chi connectivity index (χ2n) is 6.36. The fourth-order valence-electron chi connectivity index (χ4n) is 2.89. The highest BCUT2D eigenvalue weighted by atomic mass is 35.5. The van der Waals surface area contributed by atoms with E-state index in [1.54, 1.807) is 18.2 Å². The summed E-state index contributed by atoms with van der Waals surface area (Å²) in [6.07, 6.45) is 1.96. The highest BCUT2D eigenvalue weighted by Crippen LogP contribution is 2.50. The number of benzene rings is 2. The van der Waals surface area contributed by atoms with Gasteiger partial charge in [0.25, 0.3) is 0 Å². The summed E-state index contributed by atoms with van der Waals surface area (Å²) in [6.45, 7) is 0.449. The molecule has 130 valence electrons. The molecule has 1 amide bonds. The average molecular weight is 362 g/mol. The lowest BCUT2D eigenvalue weighted by Crippen LogP contribution is -2.33. The average Bonchev–Trinajstić information content (AvgIpc) is 3.34. The van der Waals surface area contributed by atoms with Gasteiger partial charge in [0.15, 0.2) is 0 Å². The molecule has 25 heavy (non-hydrogen) atoms. The molecule has 3 rings (SSSR count). The van der Waals surface area contributed by atoms with E-state index in [2.05, 4.69) is 5.32 Å². The number of halogens is 2. The largest absolute Gasteiger partial charge is 0.478 e. The van der Waals surface area contributed by atoms with Crippen molar-refractivity contribution in [3.8, 4) is 0 Å². The highest BCUT2D eigenvalue weighted by molar-refractivity contribution is 6.31. The summed E-state index contributed by atoms with van der Waals surface area (Å²) in [7, 11) is 0. The maximum Gasteiger partial charge on any atom is 0.335 e. The number of nitrogens with one attached hydrogen (secondary N) is 1. The van der Waals surface area contributed by atoms with Crippen LogP contribution >= 0.6 is 11.6 Å². The van der Waals surface area contributed by atoms with E-state index in [1.165, 1.54) is 24.3 Å². The number of carbonyl (C=O) groups is 2. The fourth-order valence-corrected chi connectivity index (χ4v) is 3.26. The van der Waals surface area contributed by atoms with Crippen molar-refractivity contribution in [1.29, 1.82) is 0 Å². The Hall–Kier alpha value is -2.40. The van der Waals surface area contributed by atoms with Crippen molar-refractivity contribution < 1.29 is 19.1 Å². The van der Waals surface area contributed by atoms with Crippen LogP contribution in [0.15, 0.2) is 42.5 Å². The minimum absolute atomic E-state index is 0.146. The molecule has 4 nitrogen and oxygen atoms in total. The van der Waals surface area contributed by atoms with Gasteiger partial charge in [-0.1, -0.05) is 29.8 Å². The Bertz CT molecular complexity index is 816. The van der Waals surface area contributed by atoms with Crippen LogP contribution < -0.4 is 5.32 Å². The van der Waals surface area contributed by atoms with Crippen molar-refractivity contribution in [2.75, 3.05) is 6.54 Å². The maximum atomic E-state index is 13.2. The summed E-state index contributed by atoms with van der Waals surface area (Å²) < 4.78 is 13.2. The molecule has 2 aromatic carbocycles. The standard InChI is InChI=1S/C19H17ClFNO3/c20-16-10-14(21)5-6-15(16)19(7-8-19)11-22-17(23)9-12-1-3-13(4-2-12)18(24)25/h1-6,10H,7-9,11H2,(H,22,23)(H,24,25). The lowest BCUT2D eigenvalue weighted by Gasteiger charge is -2.18. The summed E-state index contributed by atoms with van der Waals surface area (Å²) in [5, 5.41) is 12.2. The molecular weight excluding hydrogens is 345 g/mol. The molecule has 0 radical (unpaired) electrons. The van der Waals surface area contributed by atoms with Gasteiger partial charge in [0.05, 0.1) is 12.0 Å². The summed E-state index contributed by atoms with van der Waals surface area (Å²) in [5.74, 6) is -1.52. The predicted octanol–water partition coefficient (Wildman–Crippen LogP) is 3.57. The Morgan fingerprint density at radius 3 is 2.40 bits per heavy atom. The number of hydrogen-bond acceptors (Lipinski definition) is 2. The van der Waals surface area contributed by atoms with E-state index < -0.39 is 5.97 Å². The van der Waals surface area contributed by atoms with E-state index in [0.717, 1.165) is 24.0 Å². The first kappa shape index (κ1) is 17.4. The summed E-state index contributed by atoms with van der Waals surface area (Å²) in [5.41, 5.74) is 1.58. The molecule has 6 heteroatoms. The molecular formula is C19H17ClFNO3. The van der Waals surface area contributed by atoms with Gasteiger partial charge in [-0.05, 0) is 48.2 Å². The quantitative estimate of drug-likeness (QED) is 0.826. The zero-order valence-corrected chi connectivity index (χ0v) is 14.1. The highest BCUT2D eigenvalue weighted by Gasteiger charge is 2.45. The van der Waals surface area contributed by atoms with Gasteiger partial charge in [-0.3, -0.25) is 4.79 Å². The Balaban J connectivity index is 1.59. The number of amides is 1. The van der Waals surface area contributed by atoms with Crippen LogP contribution in [0.2, 0.25) is 5.02 Å². The van der Waals surface area contributed by atoms with E-state index in [-0.39, 0.29) is 29.1 Å². The Morgan fingerprint density at radius 2 is 1.84 bits per heavy atom. The molecule has 1 fully saturated rings. The van der Waals surface area contributed by atoms with Crippen LogP contribution in [0.1, 0.15) is 34.3 Å². The Labute approximate surface area is 149 Å². The first-order valence-electron chi connectivity index (χ1n) is 7.94. The van der Waals surface area contributed by atoms with Crippen molar-refractivity contribution in [2.45, 2.75) is 24.7 Å². The van der Waals surface area contributed by atoms with Gasteiger partial charge in [0.2, 0.25) is 5.91 Å². The van der Waals surface area contributed by atoms with Gasteiger partial charge in [-0.2, -0.15) is 0 Å². The molecule has 2 aromatic rings. The SMILES string of the molecule is O=C(Cc1ccc(C(=O)O)cc1)NCC1(c2ccc(F)cc2Cl)CC1. The molecule has 0 aromatic heterocycles. The molecule has 0 unspecified atom stereocenters. The van der Waals surface area contributed by atoms with Gasteiger partial charge in [-0.15, -0.1) is 0 Å². The minimum Gasteiger partial charge on any atom is -0.478 e. The Morgan fingerprint density at radius 1 is 1.16 bits per heavy atom. The van der Waals surface area contributed by atoms with E-state index in [0.29, 0.717) is 11.6 Å². The first-order chi connectivity index (χ1) is 11.9. The lowest BCUT2D eigenvalue weighted by atomic mass is 9.95. The van der Waals surface area contributed by atoms with Crippen molar-refractivity contribution in [3.05, 3.63) is 70.0 Å². The number of carboxylic acids is 1. The normalized spacial score (nSPS) is 14.8. The van der Waals surface area contributed by atoms with Gasteiger partial charge < -0.3 is 10.4 Å². The van der Waals surface area contributed by atoms with Gasteiger partial charge in [0, 0.05) is 17.0 Å². The van der Waals surface area contributed by atoms with Gasteiger partial charge in [0.1, 0.15) is 5.82 Å². The van der Waals surface area contributed by atoms with Gasteiger partial charge in [-0.25, -0.2) is 9.18 Å². The minimum atomic E-state index is -0.997. The number of hydrogen-bond donors (Lipinski definition) is 2. The predicted molar refractivity (Wildman–Crippen MR) is 92.4 cm³/mol. The monoisotopic (exact) mass is 361 g/mol. The molecule has 0 heterocycles. The summed E-state index contributed by atoms with van der Waals surface area (Å²) in [6, 6.07) is 10.6. The molecule has 0 atom stereocenters. The number of aromatic carboxylic acids is 1. The number of carboxylic acid groups (broad SMARTS) is 1. The van der Waals surface area contributed by atoms with E-state index in [1.807, 2.05) is 0 Å². The second kappa shape index (κ2) is 6.84. The smallest absolute Gasteiger partial charge is 0.335 e. The molecule has 0 aliphatic heterocycles. The lowest BCUT2D eigenvalue weighted by molar-refractivity contribution is -0.120. The molecule has 1 saturated carbocycles. The van der Waals surface area contributed by atoms with Crippen LogP contribution in [0, 0.1) is 5.82 Å². The molecule has 0 saturated heterocycles. The summed E-state index contributed by atoms with van der Waals surface area (Å²) >= 11 is 6.14. The van der Waals surface area contributed by atoms with Crippen molar-refractivity contribution in [2.24, 2.45) is 0 Å². The second-order valence-corrected chi connectivity index (χ2v) is 6.77. The van der Waals surface area contributed by atoms with Crippen LogP contribution in [0.4, 0.5) is 4.39 Å². The fraction of sp³-hybridized carbons (Fsp3) is 0.263. The third-order valence-electron chi connectivity index (χ3n) is 4.55. The molecule has 1 aliphatic rings. The zero-order chi connectivity index (χ0) is 18.0. The molecule has 1 aliphatic carbocycles. The molecule has 0 spiro atoms. The van der Waals surface area contributed by atoms with Crippen molar-refractivity contribution >= 4 is 23.5 Å². The van der Waals surface area contributed by atoms with Crippen LogP contribution in [0.25, 0.3) is 0 Å². The first-order valence-corrected chi connectivity index (χ1v) is 8.32. The van der Waals surface area contributed by atoms with Crippen LogP contribution in [0.3, 0.4) is 0 Å². The van der Waals surface area contributed by atoms with E-state index in [4.69, 9.17) is 16.7 Å². The van der Waals surface area contributed by atoms with Crippen molar-refractivity contribution in [3.63, 3.8) is 0 Å². The molecule has 2 N–H and O–H groups in total. The topological polar surface area (TPSA) is 66.4 Å². The third-order valence-corrected chi connectivity index (χ3v) is 4.86. The van der Waals surface area contributed by atoms with E-state index in [9.17, 15) is 14.0 Å². The number of carbonyl (C=O) groups excluding carboxylic acids is 1. The maximum absolute atomic E-state index is 13.2. The number of rotatable bonds is 6. The Kier molecular flexibility index (Phi) is 4.77. The van der Waals surface area contributed by atoms with Crippen molar-refractivity contribution in [1.82, 2.24) is 5.32 Å². The third kappa shape index (κ3) is 3.99. The molecule has 0 bridgehead atoms. The zero-order valence-electron chi connectivity index (χ0n) is 13.4. The summed E-state index contributed by atoms with van der Waals surface area (Å²) in [4.78, 5) is 23.0. The van der Waals surface area contributed by atoms with Crippen LogP contribution in [-0.4, -0.2) is 23.5 Å².